The lowest BCUT2D eigenvalue weighted by atomic mass is 9.99. The number of benzene rings is 1. The van der Waals surface area contributed by atoms with Crippen LogP contribution in [0.4, 0.5) is 0 Å². The first kappa shape index (κ1) is 12.2. The van der Waals surface area contributed by atoms with Gasteiger partial charge in [-0.05, 0) is 36.1 Å². The normalized spacial score (nSPS) is 9.56. The Labute approximate surface area is 96.2 Å². The summed E-state index contributed by atoms with van der Waals surface area (Å²) in [6.45, 7) is 7.42. The molecule has 2 nitrogen and oxygen atoms in total. The first-order chi connectivity index (χ1) is 7.72. The van der Waals surface area contributed by atoms with Gasteiger partial charge >= 0.3 is 5.97 Å². The van der Waals surface area contributed by atoms with E-state index in [-0.39, 0.29) is 5.97 Å². The fraction of sp³-hybridized carbons (Fsp3) is 0.214. The molecule has 0 unspecified atom stereocenters. The minimum Gasteiger partial charge on any atom is -0.465 e. The molecule has 2 heteroatoms. The topological polar surface area (TPSA) is 26.3 Å². The molecule has 0 radical (unpaired) electrons. The Morgan fingerprint density at radius 2 is 1.88 bits per heavy atom. The molecule has 0 aliphatic rings. The van der Waals surface area contributed by atoms with Gasteiger partial charge in [0.15, 0.2) is 0 Å². The predicted molar refractivity (Wildman–Crippen MR) is 65.6 cm³/mol. The fourth-order valence-corrected chi connectivity index (χ4v) is 1.57. The highest BCUT2D eigenvalue weighted by Crippen LogP contribution is 2.15. The van der Waals surface area contributed by atoms with Crippen LogP contribution in [0.3, 0.4) is 0 Å². The summed E-state index contributed by atoms with van der Waals surface area (Å²) >= 11 is 0. The monoisotopic (exact) mass is 216 g/mol. The number of hydrogen-bond acceptors (Lipinski definition) is 2. The van der Waals surface area contributed by atoms with Crippen molar-refractivity contribution in [2.75, 3.05) is 7.11 Å². The van der Waals surface area contributed by atoms with E-state index in [4.69, 9.17) is 0 Å². The highest BCUT2D eigenvalue weighted by Gasteiger charge is 2.08. The van der Waals surface area contributed by atoms with E-state index in [1.54, 1.807) is 6.07 Å². The zero-order chi connectivity index (χ0) is 12.0. The summed E-state index contributed by atoms with van der Waals surface area (Å²) in [6, 6.07) is 5.57. The van der Waals surface area contributed by atoms with Gasteiger partial charge < -0.3 is 4.74 Å². The van der Waals surface area contributed by atoms with Crippen molar-refractivity contribution in [3.8, 4) is 0 Å². The van der Waals surface area contributed by atoms with Gasteiger partial charge in [-0.1, -0.05) is 18.2 Å². The van der Waals surface area contributed by atoms with Crippen molar-refractivity contribution in [1.82, 2.24) is 0 Å². The van der Waals surface area contributed by atoms with Crippen LogP contribution < -0.4 is 0 Å². The van der Waals surface area contributed by atoms with Gasteiger partial charge in [-0.15, -0.1) is 13.2 Å². The van der Waals surface area contributed by atoms with Crippen LogP contribution in [0.5, 0.6) is 0 Å². The molecule has 0 heterocycles. The molecule has 0 aromatic heterocycles. The average Bonchev–Trinajstić information content (AvgIpc) is 2.31. The number of rotatable bonds is 5. The number of carbonyl (C=O) groups excluding carboxylic acids is 1. The van der Waals surface area contributed by atoms with Gasteiger partial charge in [-0.25, -0.2) is 4.79 Å². The van der Waals surface area contributed by atoms with Crippen LogP contribution in [-0.2, 0) is 17.6 Å². The molecule has 84 valence electrons. The summed E-state index contributed by atoms with van der Waals surface area (Å²) in [5.41, 5.74) is 2.84. The Morgan fingerprint density at radius 3 is 2.44 bits per heavy atom. The zero-order valence-corrected chi connectivity index (χ0v) is 9.53. The molecule has 0 fully saturated rings. The van der Waals surface area contributed by atoms with Crippen molar-refractivity contribution >= 4 is 5.97 Å². The maximum absolute atomic E-state index is 11.4. The molecule has 0 N–H and O–H groups in total. The second-order valence-electron chi connectivity index (χ2n) is 3.46. The number of ether oxygens (including phenoxy) is 1. The molecule has 0 bridgehead atoms. The summed E-state index contributed by atoms with van der Waals surface area (Å²) < 4.78 is 4.68. The lowest BCUT2D eigenvalue weighted by molar-refractivity contribution is 0.0600. The van der Waals surface area contributed by atoms with Crippen LogP contribution in [0.25, 0.3) is 0 Å². The second-order valence-corrected chi connectivity index (χ2v) is 3.46. The van der Waals surface area contributed by atoms with Gasteiger partial charge in [-0.3, -0.25) is 0 Å². The quantitative estimate of drug-likeness (QED) is 0.558. The number of hydrogen-bond donors (Lipinski definition) is 0. The van der Waals surface area contributed by atoms with Gasteiger partial charge in [0.2, 0.25) is 0 Å². The lowest BCUT2D eigenvalue weighted by Crippen LogP contribution is -2.03. The SMILES string of the molecule is C=CCc1ccc(C(=O)OC)cc1CC=C. The smallest absolute Gasteiger partial charge is 0.337 e. The number of carbonyl (C=O) groups is 1. The van der Waals surface area contributed by atoms with E-state index >= 15 is 0 Å². The molecular weight excluding hydrogens is 200 g/mol. The largest absolute Gasteiger partial charge is 0.465 e. The van der Waals surface area contributed by atoms with E-state index in [0.29, 0.717) is 5.56 Å². The molecule has 0 aliphatic carbocycles. The molecular formula is C14H16O2. The summed E-state index contributed by atoms with van der Waals surface area (Å²) in [5.74, 6) is -0.310. The molecule has 0 aliphatic heterocycles. The van der Waals surface area contributed by atoms with Crippen LogP contribution >= 0.6 is 0 Å². The molecule has 1 aromatic carbocycles. The third kappa shape index (κ3) is 2.83. The minimum atomic E-state index is -0.310. The third-order valence-corrected chi connectivity index (χ3v) is 2.36. The molecule has 0 saturated carbocycles. The molecule has 16 heavy (non-hydrogen) atoms. The fourth-order valence-electron chi connectivity index (χ4n) is 1.57. The van der Waals surface area contributed by atoms with Crippen LogP contribution in [-0.4, -0.2) is 13.1 Å². The van der Waals surface area contributed by atoms with Crippen molar-refractivity contribution in [1.29, 1.82) is 0 Å². The van der Waals surface area contributed by atoms with E-state index in [9.17, 15) is 4.79 Å². The summed E-state index contributed by atoms with van der Waals surface area (Å²) in [6.07, 6.45) is 5.21. The molecule has 0 atom stereocenters. The van der Waals surface area contributed by atoms with Crippen LogP contribution in [0, 0.1) is 0 Å². The molecule has 0 spiro atoms. The maximum Gasteiger partial charge on any atom is 0.337 e. The summed E-state index contributed by atoms with van der Waals surface area (Å²) in [5, 5.41) is 0. The molecule has 0 saturated heterocycles. The highest BCUT2D eigenvalue weighted by atomic mass is 16.5. The lowest BCUT2D eigenvalue weighted by Gasteiger charge is -2.08. The highest BCUT2D eigenvalue weighted by molar-refractivity contribution is 5.89. The Balaban J connectivity index is 3.10. The first-order valence-electron chi connectivity index (χ1n) is 5.14. The van der Waals surface area contributed by atoms with E-state index in [0.717, 1.165) is 18.4 Å². The van der Waals surface area contributed by atoms with Crippen LogP contribution in [0.15, 0.2) is 43.5 Å². The van der Waals surface area contributed by atoms with Crippen LogP contribution in [0.1, 0.15) is 21.5 Å². The van der Waals surface area contributed by atoms with E-state index < -0.39 is 0 Å². The first-order valence-corrected chi connectivity index (χ1v) is 5.14. The van der Waals surface area contributed by atoms with Crippen molar-refractivity contribution in [3.63, 3.8) is 0 Å². The van der Waals surface area contributed by atoms with Gasteiger partial charge in [-0.2, -0.15) is 0 Å². The van der Waals surface area contributed by atoms with Crippen LogP contribution in [0.2, 0.25) is 0 Å². The van der Waals surface area contributed by atoms with Gasteiger partial charge in [0.05, 0.1) is 12.7 Å². The predicted octanol–water partition coefficient (Wildman–Crippen LogP) is 2.93. The Bertz CT molecular complexity index is 405. The Kier molecular flexibility index (Phi) is 4.52. The molecule has 0 amide bonds. The van der Waals surface area contributed by atoms with Crippen molar-refractivity contribution in [2.24, 2.45) is 0 Å². The van der Waals surface area contributed by atoms with E-state index in [2.05, 4.69) is 17.9 Å². The number of allylic oxidation sites excluding steroid dienone is 2. The average molecular weight is 216 g/mol. The van der Waals surface area contributed by atoms with Gasteiger partial charge in [0, 0.05) is 0 Å². The zero-order valence-electron chi connectivity index (χ0n) is 9.53. The third-order valence-electron chi connectivity index (χ3n) is 2.36. The summed E-state index contributed by atoms with van der Waals surface area (Å²) in [4.78, 5) is 11.4. The van der Waals surface area contributed by atoms with Crippen molar-refractivity contribution in [3.05, 3.63) is 60.2 Å². The van der Waals surface area contributed by atoms with Gasteiger partial charge in [0.25, 0.3) is 0 Å². The standard InChI is InChI=1S/C14H16O2/c1-4-6-11-8-9-13(14(15)16-3)10-12(11)7-5-2/h4-5,8-10H,1-2,6-7H2,3H3. The van der Waals surface area contributed by atoms with E-state index in [1.807, 2.05) is 24.3 Å². The Hall–Kier alpha value is -1.83. The van der Waals surface area contributed by atoms with E-state index in [1.165, 1.54) is 12.7 Å². The summed E-state index contributed by atoms with van der Waals surface area (Å²) in [7, 11) is 1.38. The van der Waals surface area contributed by atoms with Gasteiger partial charge in [0.1, 0.15) is 0 Å². The maximum atomic E-state index is 11.4. The van der Waals surface area contributed by atoms with Crippen molar-refractivity contribution < 1.29 is 9.53 Å². The molecule has 1 aromatic rings. The molecule has 1 rings (SSSR count). The number of methoxy groups -OCH3 is 1. The minimum absolute atomic E-state index is 0.310. The van der Waals surface area contributed by atoms with Crippen molar-refractivity contribution in [2.45, 2.75) is 12.8 Å². The second kappa shape index (κ2) is 5.91. The number of esters is 1. The Morgan fingerprint density at radius 1 is 1.25 bits per heavy atom.